The SMILES string of the molecule is CC(C)c1noc([C@@H]2CCCN2Cc2nnc(-c3cccnc3)o2)n1. The normalized spacial score (nSPS) is 18.3. The topological polar surface area (TPSA) is 94.0 Å². The summed E-state index contributed by atoms with van der Waals surface area (Å²) in [4.78, 5) is 10.9. The fourth-order valence-electron chi connectivity index (χ4n) is 3.01. The quantitative estimate of drug-likeness (QED) is 0.699. The van der Waals surface area contributed by atoms with Crippen molar-refractivity contribution in [3.05, 3.63) is 42.1 Å². The van der Waals surface area contributed by atoms with Crippen LogP contribution in [0.15, 0.2) is 33.5 Å². The summed E-state index contributed by atoms with van der Waals surface area (Å²) in [5.74, 6) is 2.74. The van der Waals surface area contributed by atoms with E-state index in [2.05, 4.69) is 44.1 Å². The van der Waals surface area contributed by atoms with Gasteiger partial charge >= 0.3 is 0 Å². The molecule has 8 heteroatoms. The molecule has 3 aromatic heterocycles. The summed E-state index contributed by atoms with van der Waals surface area (Å²) in [7, 11) is 0. The van der Waals surface area contributed by atoms with Crippen molar-refractivity contribution in [3.63, 3.8) is 0 Å². The van der Waals surface area contributed by atoms with Crippen molar-refractivity contribution in [2.45, 2.75) is 45.2 Å². The molecule has 0 unspecified atom stereocenters. The number of hydrogen-bond donors (Lipinski definition) is 0. The Balaban J connectivity index is 1.49. The first-order valence-corrected chi connectivity index (χ1v) is 8.51. The summed E-state index contributed by atoms with van der Waals surface area (Å²) in [5.41, 5.74) is 0.817. The molecule has 8 nitrogen and oxygen atoms in total. The maximum Gasteiger partial charge on any atom is 0.249 e. The van der Waals surface area contributed by atoms with Crippen molar-refractivity contribution in [1.29, 1.82) is 0 Å². The number of pyridine rings is 1. The van der Waals surface area contributed by atoms with Crippen LogP contribution in [0.2, 0.25) is 0 Å². The molecule has 0 saturated carbocycles. The summed E-state index contributed by atoms with van der Waals surface area (Å²) in [5, 5.41) is 12.4. The van der Waals surface area contributed by atoms with Crippen molar-refractivity contribution < 1.29 is 8.94 Å². The Morgan fingerprint density at radius 2 is 2.24 bits per heavy atom. The Morgan fingerprint density at radius 1 is 1.32 bits per heavy atom. The average Bonchev–Trinajstić information content (AvgIpc) is 3.36. The zero-order valence-corrected chi connectivity index (χ0v) is 14.3. The predicted octanol–water partition coefficient (Wildman–Crippen LogP) is 2.98. The molecular formula is C17H20N6O2. The third-order valence-electron chi connectivity index (χ3n) is 4.34. The van der Waals surface area contributed by atoms with Crippen molar-refractivity contribution in [2.75, 3.05) is 6.54 Å². The average molecular weight is 340 g/mol. The second-order valence-corrected chi connectivity index (χ2v) is 6.52. The Bertz CT molecular complexity index is 829. The summed E-state index contributed by atoms with van der Waals surface area (Å²) in [6, 6.07) is 3.85. The highest BCUT2D eigenvalue weighted by atomic mass is 16.5. The van der Waals surface area contributed by atoms with E-state index in [1.165, 1.54) is 0 Å². The van der Waals surface area contributed by atoms with E-state index in [1.807, 2.05) is 12.1 Å². The second-order valence-electron chi connectivity index (χ2n) is 6.52. The van der Waals surface area contributed by atoms with Gasteiger partial charge in [-0.15, -0.1) is 10.2 Å². The van der Waals surface area contributed by atoms with Gasteiger partial charge in [0.15, 0.2) is 5.82 Å². The van der Waals surface area contributed by atoms with Gasteiger partial charge in [-0.2, -0.15) is 4.98 Å². The highest BCUT2D eigenvalue weighted by molar-refractivity contribution is 5.49. The standard InChI is InChI=1S/C17H20N6O2/c1-11(2)15-19-17(25-22-15)13-6-4-8-23(13)10-14-20-21-16(24-14)12-5-3-7-18-9-12/h3,5,7,9,11,13H,4,6,8,10H2,1-2H3/t13-/m0/s1. The van der Waals surface area contributed by atoms with Gasteiger partial charge in [-0.25, -0.2) is 0 Å². The molecule has 1 saturated heterocycles. The molecule has 4 heterocycles. The largest absolute Gasteiger partial charge is 0.419 e. The van der Waals surface area contributed by atoms with Crippen LogP contribution in [-0.2, 0) is 6.54 Å². The van der Waals surface area contributed by atoms with E-state index in [9.17, 15) is 0 Å². The number of hydrogen-bond acceptors (Lipinski definition) is 8. The van der Waals surface area contributed by atoms with Crippen LogP contribution in [0.5, 0.6) is 0 Å². The summed E-state index contributed by atoms with van der Waals surface area (Å²) < 4.78 is 11.3. The molecule has 4 rings (SSSR count). The first-order valence-electron chi connectivity index (χ1n) is 8.51. The van der Waals surface area contributed by atoms with Gasteiger partial charge < -0.3 is 8.94 Å². The molecule has 0 radical (unpaired) electrons. The summed E-state index contributed by atoms with van der Waals surface area (Å²) in [6.07, 6.45) is 5.49. The molecule has 0 aromatic carbocycles. The molecule has 130 valence electrons. The number of likely N-dealkylation sites (tertiary alicyclic amines) is 1. The van der Waals surface area contributed by atoms with Gasteiger partial charge in [0.05, 0.1) is 18.2 Å². The maximum absolute atomic E-state index is 5.79. The molecule has 0 amide bonds. The second kappa shape index (κ2) is 6.72. The molecule has 1 atom stereocenters. The molecule has 3 aromatic rings. The Hall–Kier alpha value is -2.61. The van der Waals surface area contributed by atoms with E-state index in [-0.39, 0.29) is 12.0 Å². The van der Waals surface area contributed by atoms with Gasteiger partial charge in [-0.3, -0.25) is 9.88 Å². The third kappa shape index (κ3) is 3.30. The number of rotatable bonds is 5. The lowest BCUT2D eigenvalue weighted by Crippen LogP contribution is -2.23. The van der Waals surface area contributed by atoms with Gasteiger partial charge in [0.25, 0.3) is 0 Å². The van der Waals surface area contributed by atoms with Crippen molar-refractivity contribution in [3.8, 4) is 11.5 Å². The van der Waals surface area contributed by atoms with Gasteiger partial charge in [0.1, 0.15) is 0 Å². The minimum Gasteiger partial charge on any atom is -0.419 e. The van der Waals surface area contributed by atoms with Crippen molar-refractivity contribution in [2.24, 2.45) is 0 Å². The minimum absolute atomic E-state index is 0.105. The van der Waals surface area contributed by atoms with Crippen LogP contribution in [0.3, 0.4) is 0 Å². The number of nitrogens with zero attached hydrogens (tertiary/aromatic N) is 6. The third-order valence-corrected chi connectivity index (χ3v) is 4.34. The van der Waals surface area contributed by atoms with E-state index in [0.29, 0.717) is 24.2 Å². The molecule has 1 aliphatic heterocycles. The van der Waals surface area contributed by atoms with Crippen LogP contribution in [0, 0.1) is 0 Å². The highest BCUT2D eigenvalue weighted by Crippen LogP contribution is 2.32. The molecule has 0 bridgehead atoms. The summed E-state index contributed by atoms with van der Waals surface area (Å²) in [6.45, 7) is 5.62. The Morgan fingerprint density at radius 3 is 3.00 bits per heavy atom. The molecular weight excluding hydrogens is 320 g/mol. The van der Waals surface area contributed by atoms with Crippen LogP contribution < -0.4 is 0 Å². The molecule has 1 fully saturated rings. The van der Waals surface area contributed by atoms with Crippen LogP contribution in [0.4, 0.5) is 0 Å². The van der Waals surface area contributed by atoms with Crippen LogP contribution in [0.25, 0.3) is 11.5 Å². The molecule has 0 spiro atoms. The monoisotopic (exact) mass is 340 g/mol. The van der Waals surface area contributed by atoms with Crippen LogP contribution >= 0.6 is 0 Å². The number of aromatic nitrogens is 5. The highest BCUT2D eigenvalue weighted by Gasteiger charge is 2.32. The van der Waals surface area contributed by atoms with E-state index >= 15 is 0 Å². The van der Waals surface area contributed by atoms with E-state index in [4.69, 9.17) is 8.94 Å². The first kappa shape index (κ1) is 15.9. The molecule has 25 heavy (non-hydrogen) atoms. The molecule has 0 N–H and O–H groups in total. The smallest absolute Gasteiger partial charge is 0.249 e. The zero-order chi connectivity index (χ0) is 17.2. The summed E-state index contributed by atoms with van der Waals surface area (Å²) >= 11 is 0. The van der Waals surface area contributed by atoms with E-state index in [0.717, 1.165) is 30.8 Å². The van der Waals surface area contributed by atoms with Crippen LogP contribution in [-0.4, -0.2) is 36.8 Å². The van der Waals surface area contributed by atoms with Crippen molar-refractivity contribution >= 4 is 0 Å². The van der Waals surface area contributed by atoms with Crippen LogP contribution in [0.1, 0.15) is 56.3 Å². The Labute approximate surface area is 145 Å². The lowest BCUT2D eigenvalue weighted by atomic mass is 10.2. The fourth-order valence-corrected chi connectivity index (χ4v) is 3.01. The van der Waals surface area contributed by atoms with Gasteiger partial charge in [-0.1, -0.05) is 19.0 Å². The van der Waals surface area contributed by atoms with E-state index in [1.54, 1.807) is 12.4 Å². The van der Waals surface area contributed by atoms with Gasteiger partial charge in [-0.05, 0) is 31.5 Å². The molecule has 0 aliphatic carbocycles. The predicted molar refractivity (Wildman–Crippen MR) is 88.3 cm³/mol. The Kier molecular flexibility index (Phi) is 4.27. The lowest BCUT2D eigenvalue weighted by molar-refractivity contribution is 0.185. The zero-order valence-electron chi connectivity index (χ0n) is 14.3. The maximum atomic E-state index is 5.79. The minimum atomic E-state index is 0.105. The lowest BCUT2D eigenvalue weighted by Gasteiger charge is -2.19. The van der Waals surface area contributed by atoms with E-state index < -0.39 is 0 Å². The van der Waals surface area contributed by atoms with Gasteiger partial charge in [0, 0.05) is 18.3 Å². The van der Waals surface area contributed by atoms with Gasteiger partial charge in [0.2, 0.25) is 17.7 Å². The first-order chi connectivity index (χ1) is 12.2. The fraction of sp³-hybridized carbons (Fsp3) is 0.471. The van der Waals surface area contributed by atoms with Crippen molar-refractivity contribution in [1.82, 2.24) is 30.2 Å². The molecule has 1 aliphatic rings.